The minimum Gasteiger partial charge on any atom is -0.366 e. The molecule has 10 aromatic rings. The van der Waals surface area contributed by atoms with Gasteiger partial charge < -0.3 is 5.73 Å². The molecule has 7 N–H and O–H groups in total. The monoisotopic (exact) mass is 1660 g/mol. The smallest absolute Gasteiger partial charge is 0.248 e. The van der Waals surface area contributed by atoms with Crippen LogP contribution in [0.2, 0.25) is 0 Å². The first-order valence-electron chi connectivity index (χ1n) is 44.7. The number of rotatable bonds is 5. The summed E-state index contributed by atoms with van der Waals surface area (Å²) >= 11 is 0. The van der Waals surface area contributed by atoms with Crippen LogP contribution in [0.15, 0.2) is 195 Å². The average molecular weight is 1660 g/mol. The second-order valence-electron chi connectivity index (χ2n) is 42.4. The number of H-pyrrole nitrogens is 5. The first-order chi connectivity index (χ1) is 58.5. The minimum absolute atomic E-state index is 0.0381. The number of nitrogens with zero attached hydrogens (tertiary/aromatic N) is 5. The van der Waals surface area contributed by atoms with E-state index in [4.69, 9.17) is 5.73 Å². The molecule has 1 amide bonds. The number of nitrogens with one attached hydrogen (secondary N) is 5. The highest BCUT2D eigenvalue weighted by Crippen LogP contribution is 2.61. The van der Waals surface area contributed by atoms with Gasteiger partial charge in [-0.25, -0.2) is 0 Å². The van der Waals surface area contributed by atoms with E-state index in [2.05, 4.69) is 273 Å². The molecule has 124 heavy (non-hydrogen) atoms. The van der Waals surface area contributed by atoms with Crippen LogP contribution in [-0.2, 0) is 89.6 Å². The molecule has 1 spiro atoms. The van der Waals surface area contributed by atoms with Gasteiger partial charge >= 0.3 is 0 Å². The largest absolute Gasteiger partial charge is 0.366 e. The Labute approximate surface area is 729 Å². The van der Waals surface area contributed by atoms with Gasteiger partial charge in [0.1, 0.15) is 0 Å². The molecule has 0 aliphatic heterocycles. The summed E-state index contributed by atoms with van der Waals surface area (Å²) in [5.74, 6) is 0.996. The Morgan fingerprint density at radius 3 is 0.879 bits per heavy atom. The normalized spacial score (nSPS) is 25.3. The number of benzene rings is 5. The number of nitrogens with two attached hydrogens (primary N) is 1. The molecule has 11 aliphatic carbocycles. The zero-order chi connectivity index (χ0) is 88.3. The summed E-state index contributed by atoms with van der Waals surface area (Å²) in [5, 5.41) is 38.7. The third-order valence-corrected chi connectivity index (χ3v) is 29.7. The van der Waals surface area contributed by atoms with Gasteiger partial charge in [-0.3, -0.25) is 54.3 Å². The zero-order valence-corrected chi connectivity index (χ0v) is 76.1. The summed E-state index contributed by atoms with van der Waals surface area (Å²) in [4.78, 5) is 78.0. The van der Waals surface area contributed by atoms with Crippen LogP contribution in [0.25, 0.3) is 0 Å². The lowest BCUT2D eigenvalue weighted by atomic mass is 9.58. The lowest BCUT2D eigenvalue weighted by Gasteiger charge is -2.44. The van der Waals surface area contributed by atoms with Crippen LogP contribution in [0.3, 0.4) is 0 Å². The number of amides is 1. The number of allylic oxidation sites excluding steroid dienone is 10. The first-order valence-corrected chi connectivity index (χ1v) is 44.7. The number of aryl methyl sites for hydroxylation is 6. The number of carbonyl (C=O) groups excluding carboxylic acids is 6. The molecular formula is C107H121N11O6. The first kappa shape index (κ1) is 84.9. The van der Waals surface area contributed by atoms with Crippen molar-refractivity contribution in [2.24, 2.45) is 32.8 Å². The summed E-state index contributed by atoms with van der Waals surface area (Å²) in [6, 6.07) is 47.3. The van der Waals surface area contributed by atoms with Crippen molar-refractivity contribution in [1.29, 1.82) is 0 Å². The Balaban J connectivity index is 0.000000110. The summed E-state index contributed by atoms with van der Waals surface area (Å²) in [7, 11) is 0. The Morgan fingerprint density at radius 1 is 0.306 bits per heavy atom. The quantitative estimate of drug-likeness (QED) is 0.0943. The van der Waals surface area contributed by atoms with Crippen molar-refractivity contribution in [3.8, 4) is 0 Å². The van der Waals surface area contributed by atoms with Gasteiger partial charge in [-0.15, -0.1) is 0 Å². The summed E-state index contributed by atoms with van der Waals surface area (Å²) < 4.78 is 0. The second kappa shape index (κ2) is 30.2. The van der Waals surface area contributed by atoms with Gasteiger partial charge in [0.2, 0.25) is 5.91 Å². The predicted octanol–water partition coefficient (Wildman–Crippen LogP) is 20.4. The summed E-state index contributed by atoms with van der Waals surface area (Å²) in [5.41, 5.74) is 39.1. The van der Waals surface area contributed by atoms with Crippen LogP contribution in [0.4, 0.5) is 0 Å². The third kappa shape index (κ3) is 14.0. The van der Waals surface area contributed by atoms with E-state index in [1.165, 1.54) is 77.9 Å². The van der Waals surface area contributed by atoms with Crippen molar-refractivity contribution in [2.45, 2.75) is 268 Å². The van der Waals surface area contributed by atoms with Crippen LogP contribution < -0.4 is 5.73 Å². The topological polar surface area (TPSA) is 272 Å². The number of ketones is 5. The molecule has 0 saturated heterocycles. The van der Waals surface area contributed by atoms with Crippen molar-refractivity contribution >= 4 is 34.8 Å². The highest BCUT2D eigenvalue weighted by Gasteiger charge is 2.57. The SMILES string of the molecule is Cc1[nH]nc2c1C(C)(c1cccc(C(N)=O)c1)C1=C(C2)CC(C)(C)CC1=O.Cc1[nH]nc2c1C(C)(c1ccccc1)C1=C(C2)CC(C)(C)CC1=O.Cc1[nH]nc2c1C1(CCc3ccccc31)C1=C(C2)CC(C)(C)CC1=O.Cc1[nH]nc2c1[C@@](C)(c1ccccc1)C1=C(C2)CC(C)(C)CC1=O.Cc1[nH]nc2c1[C@](C)(c1ccccc1)C1=C(C2)CC(C)(C)CC1=O. The predicted molar refractivity (Wildman–Crippen MR) is 486 cm³/mol. The number of hydrogen-bond donors (Lipinski definition) is 6. The summed E-state index contributed by atoms with van der Waals surface area (Å²) in [6.07, 6.45) is 13.8. The molecule has 17 nitrogen and oxygen atoms in total. The maximum Gasteiger partial charge on any atom is 0.248 e. The Kier molecular flexibility index (Phi) is 20.7. The Hall–Kier alpha value is -11.3. The van der Waals surface area contributed by atoms with Gasteiger partial charge in [-0.1, -0.05) is 224 Å². The lowest BCUT2D eigenvalue weighted by Crippen LogP contribution is -2.41. The Morgan fingerprint density at radius 2 is 0.565 bits per heavy atom. The number of Topliss-reactive ketones (excluding diaryl/α,β-unsaturated/α-hetero) is 5. The van der Waals surface area contributed by atoms with Crippen LogP contribution >= 0.6 is 0 Å². The molecule has 5 aromatic heterocycles. The second-order valence-corrected chi connectivity index (χ2v) is 42.4. The minimum atomic E-state index is -0.640. The number of primary amides is 1. The van der Waals surface area contributed by atoms with Gasteiger partial charge in [0.25, 0.3) is 0 Å². The number of aromatic amines is 5. The van der Waals surface area contributed by atoms with Crippen LogP contribution in [0.1, 0.15) is 296 Å². The van der Waals surface area contributed by atoms with Crippen molar-refractivity contribution in [3.63, 3.8) is 0 Å². The molecule has 0 saturated carbocycles. The zero-order valence-electron chi connectivity index (χ0n) is 76.1. The molecule has 0 bridgehead atoms. The maximum atomic E-state index is 13.4. The van der Waals surface area contributed by atoms with Crippen LogP contribution in [0, 0.1) is 61.7 Å². The molecular weight excluding hydrogens is 1540 g/mol. The lowest BCUT2D eigenvalue weighted by molar-refractivity contribution is -0.119. The standard InChI is InChI=1S/C22H25N3O2.C22H24N2O.3C21H24N2O/c1-12-18-16(25-24-12)9-14-10-21(2,3)11-17(26)19(14)22(18,4)15-7-5-6-13(8-15)20(23)27;1-13-19-17(24-23-13)10-15-11-21(2,3)12-18(25)20(15)22(19)9-8-14-6-4-5-7-16(14)22;3*1-13-18-16(23-22-13)10-14-11-20(2,3)12-17(24)19(14)21(18,4)15-8-6-5-7-9-15/h5-8H,9-11H2,1-4H3,(H2,23,27)(H,24,25);4-7H,8-12H2,1-3H3,(H,23,24);3*5-9H,10-12H2,1-4H3,(H,22,23)/t;;2*21-;/m..10./s1. The van der Waals surface area contributed by atoms with Crippen LogP contribution in [-0.4, -0.2) is 85.8 Å². The van der Waals surface area contributed by atoms with E-state index in [1.54, 1.807) is 6.07 Å². The molecule has 17 heteroatoms. The van der Waals surface area contributed by atoms with Gasteiger partial charge in [-0.2, -0.15) is 25.5 Å². The fourth-order valence-corrected chi connectivity index (χ4v) is 25.5. The fraction of sp³-hybridized carbons (Fsp3) is 0.430. The number of hydrogen-bond acceptors (Lipinski definition) is 11. The van der Waals surface area contributed by atoms with E-state index >= 15 is 0 Å². The van der Waals surface area contributed by atoms with Gasteiger partial charge in [0, 0.05) is 176 Å². The summed E-state index contributed by atoms with van der Waals surface area (Å²) in [6.45, 7) is 40.9. The molecule has 5 aromatic carbocycles. The van der Waals surface area contributed by atoms with Crippen LogP contribution in [0.5, 0.6) is 0 Å². The van der Waals surface area contributed by atoms with Gasteiger partial charge in [0.15, 0.2) is 28.9 Å². The van der Waals surface area contributed by atoms with Crippen molar-refractivity contribution in [2.75, 3.05) is 0 Å². The van der Waals surface area contributed by atoms with E-state index in [1.807, 2.05) is 43.3 Å². The van der Waals surface area contributed by atoms with E-state index in [0.29, 0.717) is 67.2 Å². The highest BCUT2D eigenvalue weighted by atomic mass is 16.2. The van der Waals surface area contributed by atoms with Crippen molar-refractivity contribution < 1.29 is 28.8 Å². The molecule has 21 rings (SSSR count). The molecule has 5 atom stereocenters. The molecule has 640 valence electrons. The van der Waals surface area contributed by atoms with Gasteiger partial charge in [-0.05, 0) is 180 Å². The van der Waals surface area contributed by atoms with Crippen molar-refractivity contribution in [3.05, 3.63) is 319 Å². The van der Waals surface area contributed by atoms with E-state index in [0.717, 1.165) is 167 Å². The third-order valence-electron chi connectivity index (χ3n) is 29.7. The van der Waals surface area contributed by atoms with E-state index in [9.17, 15) is 28.8 Å². The molecule has 0 radical (unpaired) electrons. The number of fused-ring (bicyclic) bond motifs is 9. The Bertz CT molecular complexity index is 5940. The van der Waals surface area contributed by atoms with E-state index < -0.39 is 27.6 Å². The maximum absolute atomic E-state index is 13.4. The van der Waals surface area contributed by atoms with Gasteiger partial charge in [0.05, 0.1) is 33.9 Å². The molecule has 0 fully saturated rings. The molecule has 5 heterocycles. The average Bonchev–Trinajstić information content (AvgIpc) is 1.50. The molecule has 11 aliphatic rings. The molecule has 3 unspecified atom stereocenters. The number of aromatic nitrogens is 10. The van der Waals surface area contributed by atoms with Crippen molar-refractivity contribution in [1.82, 2.24) is 51.0 Å². The highest BCUT2D eigenvalue weighted by molar-refractivity contribution is 6.05. The fourth-order valence-electron chi connectivity index (χ4n) is 25.5. The number of carbonyl (C=O) groups is 6. The van der Waals surface area contributed by atoms with E-state index in [-0.39, 0.29) is 38.3 Å².